The molecule has 2 rings (SSSR count). The van der Waals surface area contributed by atoms with Crippen LogP contribution >= 0.6 is 0 Å². The molecular formula is C15H19N3O. The summed E-state index contributed by atoms with van der Waals surface area (Å²) in [6, 6.07) is 8.03. The van der Waals surface area contributed by atoms with Gasteiger partial charge in [0.15, 0.2) is 0 Å². The second kappa shape index (κ2) is 5.26. The van der Waals surface area contributed by atoms with Crippen LogP contribution in [0.15, 0.2) is 30.5 Å². The molecule has 0 atom stereocenters. The topological polar surface area (TPSA) is 46.9 Å². The van der Waals surface area contributed by atoms with E-state index < -0.39 is 0 Å². The second-order valence-electron chi connectivity index (χ2n) is 4.88. The van der Waals surface area contributed by atoms with Crippen molar-refractivity contribution in [2.24, 2.45) is 0 Å². The van der Waals surface area contributed by atoms with E-state index in [2.05, 4.69) is 24.3 Å². The number of carbonyl (C=O) groups excluding carboxylic acids is 1. The van der Waals surface area contributed by atoms with Crippen molar-refractivity contribution in [2.45, 2.75) is 26.7 Å². The third-order valence-corrected chi connectivity index (χ3v) is 3.17. The molecule has 0 unspecified atom stereocenters. The molecule has 1 N–H and O–H groups in total. The lowest BCUT2D eigenvalue weighted by molar-refractivity contribution is 0.0961. The summed E-state index contributed by atoms with van der Waals surface area (Å²) < 4.78 is 1.87. The predicted molar refractivity (Wildman–Crippen MR) is 75.8 cm³/mol. The number of aromatic nitrogens is 2. The van der Waals surface area contributed by atoms with Gasteiger partial charge < -0.3 is 5.32 Å². The summed E-state index contributed by atoms with van der Waals surface area (Å²) >= 11 is 0. The van der Waals surface area contributed by atoms with Gasteiger partial charge in [-0.2, -0.15) is 5.10 Å². The Morgan fingerprint density at radius 3 is 2.58 bits per heavy atom. The number of nitrogens with zero attached hydrogens (tertiary/aromatic N) is 2. The van der Waals surface area contributed by atoms with E-state index in [-0.39, 0.29) is 11.8 Å². The molecule has 0 fully saturated rings. The average molecular weight is 257 g/mol. The number of nitrogens with one attached hydrogen (secondary N) is 1. The van der Waals surface area contributed by atoms with E-state index in [9.17, 15) is 4.79 Å². The van der Waals surface area contributed by atoms with Crippen LogP contribution in [0.2, 0.25) is 0 Å². The number of benzene rings is 1. The Labute approximate surface area is 113 Å². The average Bonchev–Trinajstić information content (AvgIpc) is 2.83. The van der Waals surface area contributed by atoms with Crippen molar-refractivity contribution in [3.63, 3.8) is 0 Å². The molecule has 1 aromatic heterocycles. The van der Waals surface area contributed by atoms with Gasteiger partial charge in [0, 0.05) is 7.05 Å². The summed E-state index contributed by atoms with van der Waals surface area (Å²) in [6.45, 7) is 6.18. The minimum atomic E-state index is -0.0939. The molecule has 4 heteroatoms. The van der Waals surface area contributed by atoms with Crippen molar-refractivity contribution in [2.75, 3.05) is 7.05 Å². The summed E-state index contributed by atoms with van der Waals surface area (Å²) in [4.78, 5) is 11.9. The molecule has 0 aliphatic carbocycles. The zero-order valence-corrected chi connectivity index (χ0v) is 11.8. The summed E-state index contributed by atoms with van der Waals surface area (Å²) in [7, 11) is 1.64. The van der Waals surface area contributed by atoms with Crippen molar-refractivity contribution in [1.82, 2.24) is 15.1 Å². The van der Waals surface area contributed by atoms with Crippen LogP contribution in [0.3, 0.4) is 0 Å². The monoisotopic (exact) mass is 257 g/mol. The lowest BCUT2D eigenvalue weighted by Crippen LogP contribution is -2.20. The smallest absolute Gasteiger partial charge is 0.254 e. The number of aryl methyl sites for hydroxylation is 1. The minimum absolute atomic E-state index is 0.0939. The maximum atomic E-state index is 11.9. The maximum Gasteiger partial charge on any atom is 0.254 e. The van der Waals surface area contributed by atoms with E-state index in [4.69, 9.17) is 0 Å². The number of amides is 1. The van der Waals surface area contributed by atoms with E-state index in [0.29, 0.717) is 5.56 Å². The highest BCUT2D eigenvalue weighted by molar-refractivity contribution is 5.95. The summed E-state index contributed by atoms with van der Waals surface area (Å²) in [6.07, 6.45) is 1.64. The van der Waals surface area contributed by atoms with Gasteiger partial charge in [0.2, 0.25) is 0 Å². The Balaban J connectivity index is 2.62. The van der Waals surface area contributed by atoms with Gasteiger partial charge in [-0.1, -0.05) is 32.0 Å². The molecular weight excluding hydrogens is 238 g/mol. The number of para-hydroxylation sites is 1. The van der Waals surface area contributed by atoms with Crippen molar-refractivity contribution in [1.29, 1.82) is 0 Å². The van der Waals surface area contributed by atoms with E-state index >= 15 is 0 Å². The molecule has 0 aliphatic heterocycles. The molecule has 0 spiro atoms. The number of rotatable bonds is 3. The number of hydrogen-bond acceptors (Lipinski definition) is 2. The first-order valence-electron chi connectivity index (χ1n) is 6.42. The van der Waals surface area contributed by atoms with Gasteiger partial charge in [-0.3, -0.25) is 4.79 Å². The van der Waals surface area contributed by atoms with Crippen LogP contribution in [0.1, 0.15) is 41.4 Å². The van der Waals surface area contributed by atoms with E-state index in [1.165, 1.54) is 0 Å². The molecule has 0 aliphatic rings. The standard InChI is InChI=1S/C15H19N3O/c1-10(2)14-12(15(19)16-4)9-17-18(14)13-8-6-5-7-11(13)3/h5-10H,1-4H3,(H,16,19). The fraction of sp³-hybridized carbons (Fsp3) is 0.333. The predicted octanol–water partition coefficient (Wildman–Crippen LogP) is 2.66. The van der Waals surface area contributed by atoms with Gasteiger partial charge in [0.1, 0.15) is 0 Å². The highest BCUT2D eigenvalue weighted by Gasteiger charge is 2.20. The third-order valence-electron chi connectivity index (χ3n) is 3.17. The molecule has 4 nitrogen and oxygen atoms in total. The second-order valence-corrected chi connectivity index (χ2v) is 4.88. The molecule has 19 heavy (non-hydrogen) atoms. The summed E-state index contributed by atoms with van der Waals surface area (Å²) in [5.41, 5.74) is 3.73. The first-order valence-corrected chi connectivity index (χ1v) is 6.42. The molecule has 0 radical (unpaired) electrons. The Morgan fingerprint density at radius 2 is 2.00 bits per heavy atom. The van der Waals surface area contributed by atoms with Crippen molar-refractivity contribution in [3.8, 4) is 5.69 Å². The number of hydrogen-bond donors (Lipinski definition) is 1. The largest absolute Gasteiger partial charge is 0.355 e. The zero-order valence-electron chi connectivity index (χ0n) is 11.8. The van der Waals surface area contributed by atoms with Crippen LogP contribution in [0.25, 0.3) is 5.69 Å². The molecule has 2 aromatic rings. The van der Waals surface area contributed by atoms with E-state index in [1.54, 1.807) is 13.2 Å². The van der Waals surface area contributed by atoms with Gasteiger partial charge in [-0.25, -0.2) is 4.68 Å². The molecule has 1 aromatic carbocycles. The normalized spacial score (nSPS) is 10.8. The number of carbonyl (C=O) groups is 1. The molecule has 0 saturated carbocycles. The van der Waals surface area contributed by atoms with Gasteiger partial charge in [0.05, 0.1) is 23.1 Å². The van der Waals surface area contributed by atoms with Gasteiger partial charge in [-0.15, -0.1) is 0 Å². The van der Waals surface area contributed by atoms with Crippen molar-refractivity contribution in [3.05, 3.63) is 47.3 Å². The first kappa shape index (κ1) is 13.3. The van der Waals surface area contributed by atoms with Gasteiger partial charge in [-0.05, 0) is 24.5 Å². The molecule has 0 saturated heterocycles. The van der Waals surface area contributed by atoms with Crippen LogP contribution in [0.4, 0.5) is 0 Å². The molecule has 100 valence electrons. The highest BCUT2D eigenvalue weighted by Crippen LogP contribution is 2.24. The van der Waals surface area contributed by atoms with Gasteiger partial charge in [0.25, 0.3) is 5.91 Å². The summed E-state index contributed by atoms with van der Waals surface area (Å²) in [5, 5.41) is 7.06. The van der Waals surface area contributed by atoms with Crippen LogP contribution in [-0.2, 0) is 0 Å². The van der Waals surface area contributed by atoms with E-state index in [0.717, 1.165) is 16.9 Å². The third kappa shape index (κ3) is 2.38. The van der Waals surface area contributed by atoms with Crippen LogP contribution in [0.5, 0.6) is 0 Å². The SMILES string of the molecule is CNC(=O)c1cnn(-c2ccccc2C)c1C(C)C. The molecule has 0 bridgehead atoms. The highest BCUT2D eigenvalue weighted by atomic mass is 16.1. The van der Waals surface area contributed by atoms with Gasteiger partial charge >= 0.3 is 0 Å². The fourth-order valence-corrected chi connectivity index (χ4v) is 2.22. The Kier molecular flexibility index (Phi) is 3.69. The van der Waals surface area contributed by atoms with Crippen LogP contribution < -0.4 is 5.32 Å². The lowest BCUT2D eigenvalue weighted by atomic mass is 10.0. The van der Waals surface area contributed by atoms with Crippen LogP contribution in [0, 0.1) is 6.92 Å². The summed E-state index contributed by atoms with van der Waals surface area (Å²) in [5.74, 6) is 0.123. The zero-order chi connectivity index (χ0) is 14.0. The minimum Gasteiger partial charge on any atom is -0.355 e. The van der Waals surface area contributed by atoms with E-state index in [1.807, 2.05) is 35.9 Å². The Morgan fingerprint density at radius 1 is 1.32 bits per heavy atom. The van der Waals surface area contributed by atoms with Crippen molar-refractivity contribution >= 4 is 5.91 Å². The maximum absolute atomic E-state index is 11.9. The molecule has 1 amide bonds. The lowest BCUT2D eigenvalue weighted by Gasteiger charge is -2.14. The fourth-order valence-electron chi connectivity index (χ4n) is 2.22. The quantitative estimate of drug-likeness (QED) is 0.919. The van der Waals surface area contributed by atoms with Crippen molar-refractivity contribution < 1.29 is 4.79 Å². The first-order chi connectivity index (χ1) is 9.06. The van der Waals surface area contributed by atoms with Crippen LogP contribution in [-0.4, -0.2) is 22.7 Å². The Bertz CT molecular complexity index is 599. The molecule has 1 heterocycles. The Hall–Kier alpha value is -2.10.